The maximum atomic E-state index is 12.8. The van der Waals surface area contributed by atoms with E-state index in [0.29, 0.717) is 5.56 Å². The third-order valence-electron chi connectivity index (χ3n) is 1.97. The first kappa shape index (κ1) is 12.2. The quantitative estimate of drug-likeness (QED) is 0.790. The van der Waals surface area contributed by atoms with E-state index in [4.69, 9.17) is 0 Å². The maximum absolute atomic E-state index is 12.8. The van der Waals surface area contributed by atoms with E-state index in [1.807, 2.05) is 0 Å². The second-order valence-electron chi connectivity index (χ2n) is 3.94. The molecule has 0 heterocycles. The highest BCUT2D eigenvalue weighted by molar-refractivity contribution is 7.82. The fourth-order valence-electron chi connectivity index (χ4n) is 1.11. The standard InChI is InChI=1S/C11H12F2OS/c1-11(2,15)10(14)5-7-3-8(12)6-9(13)4-7/h3-4,6,15H,5H2,1-2H3. The molecule has 0 aromatic heterocycles. The number of carbonyl (C=O) groups is 1. The normalized spacial score (nSPS) is 11.5. The Balaban J connectivity index is 2.86. The summed E-state index contributed by atoms with van der Waals surface area (Å²) >= 11 is 4.09. The van der Waals surface area contributed by atoms with Gasteiger partial charge >= 0.3 is 0 Å². The Labute approximate surface area is 92.9 Å². The molecule has 0 spiro atoms. The van der Waals surface area contributed by atoms with Crippen molar-refractivity contribution in [1.29, 1.82) is 0 Å². The van der Waals surface area contributed by atoms with Crippen LogP contribution in [0.1, 0.15) is 19.4 Å². The lowest BCUT2D eigenvalue weighted by Gasteiger charge is -2.15. The third kappa shape index (κ3) is 3.63. The van der Waals surface area contributed by atoms with Crippen molar-refractivity contribution in [1.82, 2.24) is 0 Å². The van der Waals surface area contributed by atoms with Crippen LogP contribution in [0.3, 0.4) is 0 Å². The number of hydrogen-bond donors (Lipinski definition) is 1. The number of hydrogen-bond acceptors (Lipinski definition) is 2. The molecule has 82 valence electrons. The molecule has 0 aliphatic carbocycles. The van der Waals surface area contributed by atoms with E-state index in [9.17, 15) is 13.6 Å². The summed E-state index contributed by atoms with van der Waals surface area (Å²) in [6.07, 6.45) is -0.00875. The summed E-state index contributed by atoms with van der Waals surface area (Å²) < 4.78 is 24.8. The van der Waals surface area contributed by atoms with E-state index in [2.05, 4.69) is 12.6 Å². The molecule has 0 saturated heterocycles. The number of Topliss-reactive ketones (excluding diaryl/α,β-unsaturated/α-hetero) is 1. The van der Waals surface area contributed by atoms with Crippen LogP contribution in [0.2, 0.25) is 0 Å². The number of thiol groups is 1. The van der Waals surface area contributed by atoms with Gasteiger partial charge in [-0.15, -0.1) is 0 Å². The minimum atomic E-state index is -0.789. The summed E-state index contributed by atoms with van der Waals surface area (Å²) in [5.74, 6) is -1.51. The van der Waals surface area contributed by atoms with Crippen LogP contribution in [0.5, 0.6) is 0 Å². The van der Waals surface area contributed by atoms with Crippen molar-refractivity contribution in [3.8, 4) is 0 Å². The van der Waals surface area contributed by atoms with Crippen molar-refractivity contribution in [3.63, 3.8) is 0 Å². The van der Waals surface area contributed by atoms with Crippen LogP contribution in [0.15, 0.2) is 18.2 Å². The molecule has 0 aliphatic heterocycles. The highest BCUT2D eigenvalue weighted by Crippen LogP contribution is 2.17. The molecule has 1 aromatic rings. The van der Waals surface area contributed by atoms with Crippen LogP contribution in [0, 0.1) is 11.6 Å². The Hall–Kier alpha value is -0.900. The van der Waals surface area contributed by atoms with Gasteiger partial charge in [-0.05, 0) is 31.5 Å². The lowest BCUT2D eigenvalue weighted by Crippen LogP contribution is -2.26. The third-order valence-corrected chi connectivity index (χ3v) is 2.22. The molecule has 0 N–H and O–H groups in total. The molecule has 1 aromatic carbocycles. The van der Waals surface area contributed by atoms with Crippen LogP contribution in [0.25, 0.3) is 0 Å². The second-order valence-corrected chi connectivity index (χ2v) is 5.05. The summed E-state index contributed by atoms with van der Waals surface area (Å²) in [4.78, 5) is 11.5. The molecule has 0 fully saturated rings. The van der Waals surface area contributed by atoms with Crippen LogP contribution < -0.4 is 0 Å². The zero-order chi connectivity index (χ0) is 11.6. The monoisotopic (exact) mass is 230 g/mol. The molecular weight excluding hydrogens is 218 g/mol. The minimum Gasteiger partial charge on any atom is -0.298 e. The Morgan fingerprint density at radius 1 is 1.27 bits per heavy atom. The van der Waals surface area contributed by atoms with E-state index in [0.717, 1.165) is 18.2 Å². The highest BCUT2D eigenvalue weighted by Gasteiger charge is 2.22. The minimum absolute atomic E-state index is 0.00875. The van der Waals surface area contributed by atoms with Gasteiger partial charge in [0.25, 0.3) is 0 Å². The van der Waals surface area contributed by atoms with Crippen molar-refractivity contribution >= 4 is 18.4 Å². The van der Waals surface area contributed by atoms with Crippen molar-refractivity contribution < 1.29 is 13.6 Å². The van der Waals surface area contributed by atoms with E-state index < -0.39 is 16.4 Å². The molecule has 1 rings (SSSR count). The molecule has 0 atom stereocenters. The second kappa shape index (κ2) is 4.31. The molecule has 0 aliphatic rings. The number of carbonyl (C=O) groups excluding carboxylic acids is 1. The molecule has 0 saturated carbocycles. The first-order valence-electron chi connectivity index (χ1n) is 4.49. The van der Waals surface area contributed by atoms with Gasteiger partial charge in [-0.25, -0.2) is 8.78 Å². The molecule has 0 unspecified atom stereocenters. The Kier molecular flexibility index (Phi) is 3.50. The van der Waals surface area contributed by atoms with Crippen molar-refractivity contribution in [2.45, 2.75) is 25.0 Å². The van der Waals surface area contributed by atoms with Gasteiger partial charge in [0.2, 0.25) is 0 Å². The van der Waals surface area contributed by atoms with Crippen LogP contribution in [-0.2, 0) is 11.2 Å². The van der Waals surface area contributed by atoms with E-state index in [1.165, 1.54) is 0 Å². The SMILES string of the molecule is CC(C)(S)C(=O)Cc1cc(F)cc(F)c1. The van der Waals surface area contributed by atoms with E-state index in [-0.39, 0.29) is 12.2 Å². The number of halogens is 2. The summed E-state index contributed by atoms with van der Waals surface area (Å²) in [6, 6.07) is 3.08. The lowest BCUT2D eigenvalue weighted by molar-refractivity contribution is -0.119. The van der Waals surface area contributed by atoms with Gasteiger partial charge in [0.05, 0.1) is 4.75 Å². The average molecular weight is 230 g/mol. The van der Waals surface area contributed by atoms with Gasteiger partial charge in [-0.3, -0.25) is 4.79 Å². The Morgan fingerprint density at radius 3 is 2.13 bits per heavy atom. The molecule has 0 amide bonds. The van der Waals surface area contributed by atoms with Gasteiger partial charge < -0.3 is 0 Å². The fraction of sp³-hybridized carbons (Fsp3) is 0.364. The molecule has 0 bridgehead atoms. The van der Waals surface area contributed by atoms with Crippen LogP contribution in [-0.4, -0.2) is 10.5 Å². The van der Waals surface area contributed by atoms with Crippen LogP contribution >= 0.6 is 12.6 Å². The first-order chi connectivity index (χ1) is 6.79. The molecule has 1 nitrogen and oxygen atoms in total. The summed E-state index contributed by atoms with van der Waals surface area (Å²) in [5, 5.41) is 0. The topological polar surface area (TPSA) is 17.1 Å². The summed E-state index contributed by atoms with van der Waals surface area (Å²) in [5.41, 5.74) is 0.333. The van der Waals surface area contributed by atoms with Gasteiger partial charge in [0, 0.05) is 12.5 Å². The highest BCUT2D eigenvalue weighted by atomic mass is 32.1. The van der Waals surface area contributed by atoms with Gasteiger partial charge in [0.1, 0.15) is 11.6 Å². The number of benzene rings is 1. The molecule has 0 radical (unpaired) electrons. The number of ketones is 1. The van der Waals surface area contributed by atoms with E-state index in [1.54, 1.807) is 13.8 Å². The predicted molar refractivity (Wildman–Crippen MR) is 58.1 cm³/mol. The average Bonchev–Trinajstić information content (AvgIpc) is 1.99. The van der Waals surface area contributed by atoms with Gasteiger partial charge in [-0.2, -0.15) is 12.6 Å². The predicted octanol–water partition coefficient (Wildman–Crippen LogP) is 2.78. The number of rotatable bonds is 3. The zero-order valence-electron chi connectivity index (χ0n) is 8.55. The first-order valence-corrected chi connectivity index (χ1v) is 4.94. The smallest absolute Gasteiger partial charge is 0.152 e. The summed E-state index contributed by atoms with van der Waals surface area (Å²) in [6.45, 7) is 3.29. The summed E-state index contributed by atoms with van der Waals surface area (Å²) in [7, 11) is 0. The van der Waals surface area contributed by atoms with Crippen molar-refractivity contribution in [2.24, 2.45) is 0 Å². The Bertz CT molecular complexity index is 362. The zero-order valence-corrected chi connectivity index (χ0v) is 9.44. The van der Waals surface area contributed by atoms with Crippen molar-refractivity contribution in [3.05, 3.63) is 35.4 Å². The maximum Gasteiger partial charge on any atom is 0.152 e. The Morgan fingerprint density at radius 2 is 1.73 bits per heavy atom. The molecule has 15 heavy (non-hydrogen) atoms. The lowest BCUT2D eigenvalue weighted by atomic mass is 10.00. The van der Waals surface area contributed by atoms with E-state index >= 15 is 0 Å². The van der Waals surface area contributed by atoms with Crippen molar-refractivity contribution in [2.75, 3.05) is 0 Å². The van der Waals surface area contributed by atoms with Gasteiger partial charge in [0.15, 0.2) is 5.78 Å². The largest absolute Gasteiger partial charge is 0.298 e. The molecule has 4 heteroatoms. The van der Waals surface area contributed by atoms with Gasteiger partial charge in [-0.1, -0.05) is 0 Å². The molecular formula is C11H12F2OS. The van der Waals surface area contributed by atoms with Crippen LogP contribution in [0.4, 0.5) is 8.78 Å². The fourth-order valence-corrected chi connectivity index (χ4v) is 1.19.